The molecule has 1 aliphatic rings. The molecule has 0 saturated carbocycles. The molecule has 1 aliphatic heterocycles. The standard InChI is InChI=1S/C4H4S.C3H7NOS/c1-2-4-5-3-1;6-3-4-1-2-5-3/h1-4H;3-4,6H,1-2H2. The van der Waals surface area contributed by atoms with E-state index in [4.69, 9.17) is 4.74 Å². The average Bonchev–Trinajstić information content (AvgIpc) is 2.57. The minimum atomic E-state index is -0.00926. The molecule has 0 amide bonds. The molecule has 0 aromatic carbocycles. The average molecular weight is 189 g/mol. The second-order valence-corrected chi connectivity index (χ2v) is 3.26. The summed E-state index contributed by atoms with van der Waals surface area (Å²) in [7, 11) is 0. The molecule has 0 spiro atoms. The van der Waals surface area contributed by atoms with Crippen molar-refractivity contribution in [2.75, 3.05) is 13.2 Å². The quantitative estimate of drug-likeness (QED) is 0.604. The maximum Gasteiger partial charge on any atom is 0.153 e. The van der Waals surface area contributed by atoms with Gasteiger partial charge in [0.05, 0.1) is 6.61 Å². The Morgan fingerprint density at radius 1 is 1.45 bits per heavy atom. The summed E-state index contributed by atoms with van der Waals surface area (Å²) in [6, 6.07) is 4.04. The monoisotopic (exact) mass is 189 g/mol. The van der Waals surface area contributed by atoms with E-state index in [2.05, 4.69) is 17.9 Å². The summed E-state index contributed by atoms with van der Waals surface area (Å²) < 4.78 is 4.91. The van der Waals surface area contributed by atoms with E-state index in [0.717, 1.165) is 13.2 Å². The van der Waals surface area contributed by atoms with Gasteiger partial charge in [0.2, 0.25) is 0 Å². The number of thiophene rings is 1. The molecule has 11 heavy (non-hydrogen) atoms. The Labute approximate surface area is 76.0 Å². The molecular weight excluding hydrogens is 178 g/mol. The van der Waals surface area contributed by atoms with Gasteiger partial charge < -0.3 is 4.74 Å². The first kappa shape index (κ1) is 9.06. The van der Waals surface area contributed by atoms with Crippen LogP contribution in [-0.2, 0) is 4.74 Å². The van der Waals surface area contributed by atoms with Crippen molar-refractivity contribution in [3.05, 3.63) is 22.9 Å². The molecular formula is C7H11NOS2. The lowest BCUT2D eigenvalue weighted by atomic mass is 10.7. The Morgan fingerprint density at radius 3 is 2.36 bits per heavy atom. The third-order valence-electron chi connectivity index (χ3n) is 1.12. The third-order valence-corrected chi connectivity index (χ3v) is 2.08. The zero-order valence-electron chi connectivity index (χ0n) is 6.06. The molecule has 1 unspecified atom stereocenters. The highest BCUT2D eigenvalue weighted by Gasteiger charge is 2.06. The van der Waals surface area contributed by atoms with Gasteiger partial charge in [0.25, 0.3) is 0 Å². The van der Waals surface area contributed by atoms with E-state index >= 15 is 0 Å². The summed E-state index contributed by atoms with van der Waals surface area (Å²) in [6.07, 6.45) is 0. The van der Waals surface area contributed by atoms with Crippen LogP contribution in [0.25, 0.3) is 0 Å². The number of hydrogen-bond acceptors (Lipinski definition) is 4. The molecule has 1 fully saturated rings. The van der Waals surface area contributed by atoms with Crippen molar-refractivity contribution in [3.63, 3.8) is 0 Å². The largest absolute Gasteiger partial charge is 0.353 e. The van der Waals surface area contributed by atoms with Crippen LogP contribution < -0.4 is 5.32 Å². The van der Waals surface area contributed by atoms with E-state index in [1.54, 1.807) is 11.3 Å². The first-order chi connectivity index (χ1) is 5.39. The van der Waals surface area contributed by atoms with E-state index in [9.17, 15) is 0 Å². The Bertz CT molecular complexity index is 144. The zero-order valence-corrected chi connectivity index (χ0v) is 7.78. The number of ether oxygens (including phenoxy) is 1. The summed E-state index contributed by atoms with van der Waals surface area (Å²) >= 11 is 5.67. The summed E-state index contributed by atoms with van der Waals surface area (Å²) in [5, 5.41) is 7.04. The van der Waals surface area contributed by atoms with Gasteiger partial charge in [-0.15, -0.1) is 12.6 Å². The number of hydrogen-bond donors (Lipinski definition) is 2. The molecule has 2 rings (SSSR count). The minimum absolute atomic E-state index is 0.00926. The van der Waals surface area contributed by atoms with Gasteiger partial charge >= 0.3 is 0 Å². The second kappa shape index (κ2) is 5.60. The molecule has 1 aromatic heterocycles. The van der Waals surface area contributed by atoms with Crippen LogP contribution in [0.3, 0.4) is 0 Å². The van der Waals surface area contributed by atoms with Crippen LogP contribution in [0.4, 0.5) is 0 Å². The van der Waals surface area contributed by atoms with Crippen molar-refractivity contribution in [1.82, 2.24) is 5.32 Å². The van der Waals surface area contributed by atoms with Crippen molar-refractivity contribution < 1.29 is 4.74 Å². The molecule has 1 saturated heterocycles. The molecule has 0 aliphatic carbocycles. The number of nitrogens with one attached hydrogen (secondary N) is 1. The van der Waals surface area contributed by atoms with E-state index in [0.29, 0.717) is 0 Å². The normalized spacial score (nSPS) is 22.5. The van der Waals surface area contributed by atoms with Crippen molar-refractivity contribution in [3.8, 4) is 0 Å². The van der Waals surface area contributed by atoms with Crippen molar-refractivity contribution >= 4 is 24.0 Å². The van der Waals surface area contributed by atoms with Crippen LogP contribution in [0.5, 0.6) is 0 Å². The molecule has 0 bridgehead atoms. The van der Waals surface area contributed by atoms with Gasteiger partial charge in [-0.25, -0.2) is 0 Å². The topological polar surface area (TPSA) is 21.3 Å². The zero-order chi connectivity index (χ0) is 7.94. The highest BCUT2D eigenvalue weighted by molar-refractivity contribution is 7.80. The third kappa shape index (κ3) is 4.42. The van der Waals surface area contributed by atoms with Gasteiger partial charge in [-0.3, -0.25) is 5.32 Å². The summed E-state index contributed by atoms with van der Waals surface area (Å²) in [5.41, 5.74) is -0.00926. The van der Waals surface area contributed by atoms with Gasteiger partial charge in [0.15, 0.2) is 5.56 Å². The molecule has 1 aromatic rings. The maximum absolute atomic E-state index is 4.91. The lowest BCUT2D eigenvalue weighted by Gasteiger charge is -1.94. The number of thiol groups is 1. The molecule has 1 atom stereocenters. The van der Waals surface area contributed by atoms with Crippen LogP contribution in [0.1, 0.15) is 0 Å². The molecule has 2 nitrogen and oxygen atoms in total. The molecule has 62 valence electrons. The van der Waals surface area contributed by atoms with Gasteiger partial charge in [0.1, 0.15) is 0 Å². The van der Waals surface area contributed by atoms with Crippen LogP contribution >= 0.6 is 24.0 Å². The van der Waals surface area contributed by atoms with Crippen molar-refractivity contribution in [2.45, 2.75) is 5.56 Å². The highest BCUT2D eigenvalue weighted by atomic mass is 32.1. The fraction of sp³-hybridized carbons (Fsp3) is 0.429. The molecule has 4 heteroatoms. The molecule has 0 radical (unpaired) electrons. The van der Waals surface area contributed by atoms with E-state index in [1.165, 1.54) is 0 Å². The first-order valence-corrected chi connectivity index (χ1v) is 4.86. The Balaban J connectivity index is 0.000000112. The lowest BCUT2D eigenvalue weighted by Crippen LogP contribution is -2.14. The predicted molar refractivity (Wildman–Crippen MR) is 51.0 cm³/mol. The summed E-state index contributed by atoms with van der Waals surface area (Å²) in [4.78, 5) is 0. The Morgan fingerprint density at radius 2 is 2.18 bits per heavy atom. The SMILES string of the molecule is SC1NCCO1.c1ccsc1. The van der Waals surface area contributed by atoms with E-state index in [1.807, 2.05) is 22.9 Å². The van der Waals surface area contributed by atoms with E-state index < -0.39 is 0 Å². The Kier molecular flexibility index (Phi) is 4.61. The maximum atomic E-state index is 4.91. The van der Waals surface area contributed by atoms with Crippen molar-refractivity contribution in [2.24, 2.45) is 0 Å². The lowest BCUT2D eigenvalue weighted by molar-refractivity contribution is 0.170. The van der Waals surface area contributed by atoms with Gasteiger partial charge in [-0.1, -0.05) is 12.1 Å². The van der Waals surface area contributed by atoms with Crippen LogP contribution in [-0.4, -0.2) is 18.7 Å². The van der Waals surface area contributed by atoms with Gasteiger partial charge in [0, 0.05) is 6.54 Å². The number of rotatable bonds is 0. The van der Waals surface area contributed by atoms with Crippen LogP contribution in [0.2, 0.25) is 0 Å². The Hall–Kier alpha value is -0.0300. The predicted octanol–water partition coefficient (Wildman–Crippen LogP) is 1.57. The van der Waals surface area contributed by atoms with Crippen LogP contribution in [0, 0.1) is 0 Å². The molecule has 1 N–H and O–H groups in total. The van der Waals surface area contributed by atoms with Crippen molar-refractivity contribution in [1.29, 1.82) is 0 Å². The van der Waals surface area contributed by atoms with E-state index in [-0.39, 0.29) is 5.56 Å². The van der Waals surface area contributed by atoms with Gasteiger partial charge in [-0.05, 0) is 10.8 Å². The molecule has 2 heterocycles. The fourth-order valence-corrected chi connectivity index (χ4v) is 1.33. The van der Waals surface area contributed by atoms with Crippen LogP contribution in [0.15, 0.2) is 22.9 Å². The second-order valence-electron chi connectivity index (χ2n) is 1.97. The smallest absolute Gasteiger partial charge is 0.153 e. The fourth-order valence-electron chi connectivity index (χ4n) is 0.639. The highest BCUT2D eigenvalue weighted by Crippen LogP contribution is 1.96. The summed E-state index contributed by atoms with van der Waals surface area (Å²) in [5.74, 6) is 0. The minimum Gasteiger partial charge on any atom is -0.353 e. The first-order valence-electron chi connectivity index (χ1n) is 3.40. The van der Waals surface area contributed by atoms with Gasteiger partial charge in [-0.2, -0.15) is 11.3 Å². The summed E-state index contributed by atoms with van der Waals surface area (Å²) in [6.45, 7) is 1.74.